The smallest absolute Gasteiger partial charge is 0.349 e. The largest absolute Gasteiger partial charge is 0.497 e. The van der Waals surface area contributed by atoms with Gasteiger partial charge in [0.25, 0.3) is 0 Å². The highest BCUT2D eigenvalue weighted by atomic mass is 16.5. The van der Waals surface area contributed by atoms with Gasteiger partial charge in [-0.15, -0.1) is 0 Å². The number of hydrogen-bond acceptors (Lipinski definition) is 4. The molecule has 1 unspecified atom stereocenters. The molecule has 8 heteroatoms. The van der Waals surface area contributed by atoms with Crippen LogP contribution in [0, 0.1) is 5.92 Å². The summed E-state index contributed by atoms with van der Waals surface area (Å²) < 4.78 is 10.4. The highest BCUT2D eigenvalue weighted by Gasteiger charge is 2.34. The first-order chi connectivity index (χ1) is 15.6. The van der Waals surface area contributed by atoms with Crippen LogP contribution in [0.5, 0.6) is 11.5 Å². The summed E-state index contributed by atoms with van der Waals surface area (Å²) in [6, 6.07) is 13.2. The molecule has 0 saturated carbocycles. The topological polar surface area (TPSA) is 92.6 Å². The van der Waals surface area contributed by atoms with E-state index in [-0.39, 0.29) is 6.54 Å². The zero-order chi connectivity index (χ0) is 22.5. The minimum atomic E-state index is -0.593. The number of rotatable bonds is 5. The molecule has 8 nitrogen and oxygen atoms in total. The SMILES string of the molecule is COc1ccc(CN2C(=O)N=C3C=CC=CC3/C2=N/C(=O)Nc2cccc(OC)c2)cc1. The number of amides is 4. The third-order valence-electron chi connectivity index (χ3n) is 5.05. The standard InChI is InChI=1S/C24H22N4O4/c1-31-18-12-10-16(11-13-18)15-28-22(20-8-3-4-9-21(20)26-24(28)30)27-23(29)25-17-6-5-7-19(14-17)32-2/h3-14,20H,15H2,1-2H3,(H,25,29)/b27-22-. The molecular weight excluding hydrogens is 408 g/mol. The van der Waals surface area contributed by atoms with Gasteiger partial charge in [-0.3, -0.25) is 4.90 Å². The Morgan fingerprint density at radius 1 is 1.09 bits per heavy atom. The van der Waals surface area contributed by atoms with Gasteiger partial charge in [-0.05, 0) is 35.9 Å². The first-order valence-corrected chi connectivity index (χ1v) is 9.99. The summed E-state index contributed by atoms with van der Waals surface area (Å²) in [5.74, 6) is 1.24. The lowest BCUT2D eigenvalue weighted by Gasteiger charge is -2.31. The number of benzene rings is 2. The van der Waals surface area contributed by atoms with Crippen molar-refractivity contribution in [3.63, 3.8) is 0 Å². The number of amidine groups is 1. The molecule has 0 radical (unpaired) electrons. The third-order valence-corrected chi connectivity index (χ3v) is 5.05. The van der Waals surface area contributed by atoms with Crippen LogP contribution in [0.2, 0.25) is 0 Å². The number of hydrogen-bond donors (Lipinski definition) is 1. The molecule has 2 aromatic carbocycles. The summed E-state index contributed by atoms with van der Waals surface area (Å²) in [6.07, 6.45) is 7.27. The molecular formula is C24H22N4O4. The lowest BCUT2D eigenvalue weighted by Crippen LogP contribution is -2.46. The van der Waals surface area contributed by atoms with E-state index in [0.29, 0.717) is 28.7 Å². The average Bonchev–Trinajstić information content (AvgIpc) is 2.81. The van der Waals surface area contributed by atoms with E-state index >= 15 is 0 Å². The van der Waals surface area contributed by atoms with Crippen LogP contribution in [-0.4, -0.2) is 42.7 Å². The predicted molar refractivity (Wildman–Crippen MR) is 123 cm³/mol. The Morgan fingerprint density at radius 3 is 2.62 bits per heavy atom. The number of ether oxygens (including phenoxy) is 2. The van der Waals surface area contributed by atoms with E-state index in [4.69, 9.17) is 9.47 Å². The maximum absolute atomic E-state index is 12.8. The van der Waals surface area contributed by atoms with Crippen LogP contribution in [0.3, 0.4) is 0 Å². The first-order valence-electron chi connectivity index (χ1n) is 9.99. The summed E-state index contributed by atoms with van der Waals surface area (Å²) in [5.41, 5.74) is 1.95. The number of anilines is 1. The van der Waals surface area contributed by atoms with Gasteiger partial charge in [0.15, 0.2) is 0 Å². The third kappa shape index (κ3) is 4.59. The van der Waals surface area contributed by atoms with Gasteiger partial charge in [0.1, 0.15) is 17.3 Å². The number of fused-ring (bicyclic) bond motifs is 1. The van der Waals surface area contributed by atoms with Crippen molar-refractivity contribution >= 4 is 29.3 Å². The lowest BCUT2D eigenvalue weighted by molar-refractivity contribution is 0.226. The molecule has 4 amide bonds. The quantitative estimate of drug-likeness (QED) is 0.758. The van der Waals surface area contributed by atoms with Crippen LogP contribution in [0.1, 0.15) is 5.56 Å². The van der Waals surface area contributed by atoms with Crippen LogP contribution in [0.25, 0.3) is 0 Å². The van der Waals surface area contributed by atoms with Crippen molar-refractivity contribution < 1.29 is 19.1 Å². The van der Waals surface area contributed by atoms with Gasteiger partial charge < -0.3 is 14.8 Å². The zero-order valence-electron chi connectivity index (χ0n) is 17.7. The van der Waals surface area contributed by atoms with Crippen molar-refractivity contribution in [2.24, 2.45) is 15.9 Å². The fourth-order valence-electron chi connectivity index (χ4n) is 3.44. The van der Waals surface area contributed by atoms with Crippen LogP contribution < -0.4 is 14.8 Å². The molecule has 32 heavy (non-hydrogen) atoms. The lowest BCUT2D eigenvalue weighted by atomic mass is 9.94. The van der Waals surface area contributed by atoms with Crippen LogP contribution >= 0.6 is 0 Å². The Morgan fingerprint density at radius 2 is 1.88 bits per heavy atom. The van der Waals surface area contributed by atoms with Crippen LogP contribution in [0.4, 0.5) is 15.3 Å². The van der Waals surface area contributed by atoms with Crippen molar-refractivity contribution in [3.8, 4) is 11.5 Å². The Bertz CT molecular complexity index is 1150. The Labute approximate surface area is 185 Å². The van der Waals surface area contributed by atoms with Gasteiger partial charge in [-0.2, -0.15) is 9.98 Å². The second-order valence-electron chi connectivity index (χ2n) is 7.11. The van der Waals surface area contributed by atoms with Crippen molar-refractivity contribution in [2.45, 2.75) is 6.54 Å². The monoisotopic (exact) mass is 430 g/mol. The highest BCUT2D eigenvalue weighted by molar-refractivity contribution is 6.24. The number of urea groups is 2. The molecule has 162 valence electrons. The number of aliphatic imine (C=N–C) groups is 2. The van der Waals surface area contributed by atoms with Gasteiger partial charge in [0.05, 0.1) is 32.4 Å². The molecule has 1 heterocycles. The minimum Gasteiger partial charge on any atom is -0.497 e. The Kier molecular flexibility index (Phi) is 6.12. The number of nitrogens with one attached hydrogen (secondary N) is 1. The molecule has 0 fully saturated rings. The molecule has 0 spiro atoms. The number of allylic oxidation sites excluding steroid dienone is 3. The Balaban J connectivity index is 1.64. The summed E-state index contributed by atoms with van der Waals surface area (Å²) in [7, 11) is 3.14. The van der Waals surface area contributed by atoms with Crippen molar-refractivity contribution in [3.05, 3.63) is 78.4 Å². The average molecular weight is 430 g/mol. The van der Waals surface area contributed by atoms with Crippen molar-refractivity contribution in [1.29, 1.82) is 0 Å². The minimum absolute atomic E-state index is 0.221. The maximum Gasteiger partial charge on any atom is 0.349 e. The van der Waals surface area contributed by atoms with E-state index in [2.05, 4.69) is 15.3 Å². The van der Waals surface area contributed by atoms with Crippen LogP contribution in [0.15, 0.2) is 82.8 Å². The summed E-state index contributed by atoms with van der Waals surface area (Å²) in [6.45, 7) is 0.221. The number of carbonyl (C=O) groups is 2. The molecule has 0 bridgehead atoms. The van der Waals surface area contributed by atoms with Gasteiger partial charge in [0, 0.05) is 11.8 Å². The van der Waals surface area contributed by atoms with Gasteiger partial charge in [-0.1, -0.05) is 36.4 Å². The number of methoxy groups -OCH3 is 2. The maximum atomic E-state index is 12.8. The summed E-state index contributed by atoms with van der Waals surface area (Å²) in [4.78, 5) is 35.5. The van der Waals surface area contributed by atoms with Crippen molar-refractivity contribution in [1.82, 2.24) is 4.90 Å². The van der Waals surface area contributed by atoms with E-state index in [1.54, 1.807) is 50.6 Å². The molecule has 4 rings (SSSR count). The Hall–Kier alpha value is -4.20. The molecule has 1 aliphatic carbocycles. The molecule has 0 aromatic heterocycles. The fraction of sp³-hybridized carbons (Fsp3) is 0.167. The second kappa shape index (κ2) is 9.30. The molecule has 1 N–H and O–H groups in total. The molecule has 1 atom stereocenters. The van der Waals surface area contributed by atoms with Gasteiger partial charge in [-0.25, -0.2) is 9.59 Å². The number of nitrogens with zero attached hydrogens (tertiary/aromatic N) is 3. The summed E-state index contributed by atoms with van der Waals surface area (Å²) >= 11 is 0. The molecule has 2 aromatic rings. The van der Waals surface area contributed by atoms with Gasteiger partial charge in [0.2, 0.25) is 0 Å². The van der Waals surface area contributed by atoms with E-state index in [0.717, 1.165) is 5.56 Å². The van der Waals surface area contributed by atoms with E-state index in [1.165, 1.54) is 4.90 Å². The molecule has 0 saturated heterocycles. The number of carbonyl (C=O) groups excluding carboxylic acids is 2. The van der Waals surface area contributed by atoms with E-state index in [9.17, 15) is 9.59 Å². The normalized spacial score (nSPS) is 18.2. The predicted octanol–water partition coefficient (Wildman–Crippen LogP) is 4.45. The molecule has 2 aliphatic rings. The molecule has 1 aliphatic heterocycles. The second-order valence-corrected chi connectivity index (χ2v) is 7.11. The van der Waals surface area contributed by atoms with Gasteiger partial charge >= 0.3 is 12.1 Å². The first kappa shape index (κ1) is 21.0. The van der Waals surface area contributed by atoms with E-state index < -0.39 is 18.0 Å². The highest BCUT2D eigenvalue weighted by Crippen LogP contribution is 2.24. The zero-order valence-corrected chi connectivity index (χ0v) is 17.7. The van der Waals surface area contributed by atoms with Crippen LogP contribution in [-0.2, 0) is 6.54 Å². The summed E-state index contributed by atoms with van der Waals surface area (Å²) in [5, 5.41) is 2.73. The van der Waals surface area contributed by atoms with E-state index in [1.807, 2.05) is 36.4 Å². The van der Waals surface area contributed by atoms with Crippen molar-refractivity contribution in [2.75, 3.05) is 19.5 Å². The fourth-order valence-corrected chi connectivity index (χ4v) is 3.44.